The largest absolute Gasteiger partial charge is 0.481 e. The zero-order valence-electron chi connectivity index (χ0n) is 11.9. The third-order valence-electron chi connectivity index (χ3n) is 3.39. The van der Waals surface area contributed by atoms with Crippen LogP contribution in [0.1, 0.15) is 12.8 Å². The Morgan fingerprint density at radius 3 is 2.04 bits per heavy atom. The van der Waals surface area contributed by atoms with E-state index in [0.29, 0.717) is 0 Å². The van der Waals surface area contributed by atoms with Crippen LogP contribution >= 0.6 is 0 Å². The summed E-state index contributed by atoms with van der Waals surface area (Å²) in [4.78, 5) is 33.2. The van der Waals surface area contributed by atoms with Gasteiger partial charge < -0.3 is 40.7 Å². The van der Waals surface area contributed by atoms with E-state index in [1.807, 2.05) is 5.32 Å². The molecule has 1 aliphatic heterocycles. The monoisotopic (exact) mass is 337 g/mol. The van der Waals surface area contributed by atoms with Crippen molar-refractivity contribution >= 4 is 17.8 Å². The summed E-state index contributed by atoms with van der Waals surface area (Å²) in [5.41, 5.74) is 0. The van der Waals surface area contributed by atoms with Gasteiger partial charge in [0.05, 0.1) is 25.6 Å². The molecule has 1 saturated heterocycles. The van der Waals surface area contributed by atoms with E-state index in [4.69, 9.17) is 20.1 Å². The quantitative estimate of drug-likeness (QED) is 0.243. The molecule has 1 aliphatic rings. The highest BCUT2D eigenvalue weighted by Gasteiger charge is 2.44. The molecule has 0 aromatic heterocycles. The molecule has 0 saturated carbocycles. The van der Waals surface area contributed by atoms with Crippen LogP contribution in [0.3, 0.4) is 0 Å². The molecule has 0 spiro atoms. The van der Waals surface area contributed by atoms with Crippen molar-refractivity contribution in [1.29, 1.82) is 0 Å². The van der Waals surface area contributed by atoms with Crippen molar-refractivity contribution < 1.29 is 49.8 Å². The van der Waals surface area contributed by atoms with E-state index in [-0.39, 0.29) is 0 Å². The highest BCUT2D eigenvalue weighted by atomic mass is 16.5. The van der Waals surface area contributed by atoms with E-state index < -0.39 is 73.9 Å². The number of aliphatic hydroxyl groups is 4. The van der Waals surface area contributed by atoms with Gasteiger partial charge in [-0.05, 0) is 0 Å². The Balaban J connectivity index is 2.67. The summed E-state index contributed by atoms with van der Waals surface area (Å²) >= 11 is 0. The number of aliphatic hydroxyl groups excluding tert-OH is 4. The maximum Gasteiger partial charge on any atom is 0.326 e. The van der Waals surface area contributed by atoms with Crippen molar-refractivity contribution in [1.82, 2.24) is 5.32 Å². The van der Waals surface area contributed by atoms with Crippen LogP contribution in [0.5, 0.6) is 0 Å². The van der Waals surface area contributed by atoms with Gasteiger partial charge in [0.15, 0.2) is 0 Å². The number of carbonyl (C=O) groups excluding carboxylic acids is 1. The molecule has 0 unspecified atom stereocenters. The molecule has 0 aliphatic carbocycles. The summed E-state index contributed by atoms with van der Waals surface area (Å²) in [7, 11) is 0. The lowest BCUT2D eigenvalue weighted by atomic mass is 9.93. The Hall–Kier alpha value is -1.79. The lowest BCUT2D eigenvalue weighted by molar-refractivity contribution is -0.229. The third kappa shape index (κ3) is 5.11. The maximum absolute atomic E-state index is 11.8. The fourth-order valence-corrected chi connectivity index (χ4v) is 2.16. The van der Waals surface area contributed by atoms with Crippen LogP contribution in [-0.4, -0.2) is 91.7 Å². The smallest absolute Gasteiger partial charge is 0.326 e. The molecule has 1 rings (SSSR count). The second-order valence-electron chi connectivity index (χ2n) is 5.13. The van der Waals surface area contributed by atoms with E-state index >= 15 is 0 Å². The molecular weight excluding hydrogens is 318 g/mol. The molecule has 1 amide bonds. The summed E-state index contributed by atoms with van der Waals surface area (Å²) in [5, 5.41) is 57.3. The van der Waals surface area contributed by atoms with Gasteiger partial charge >= 0.3 is 11.9 Å². The summed E-state index contributed by atoms with van der Waals surface area (Å²) < 4.78 is 5.09. The number of nitrogens with one attached hydrogen (secondary N) is 1. The fraction of sp³-hybridized carbons (Fsp3) is 0.750. The molecule has 6 atom stereocenters. The van der Waals surface area contributed by atoms with Gasteiger partial charge in [0.25, 0.3) is 0 Å². The predicted molar refractivity (Wildman–Crippen MR) is 70.2 cm³/mol. The molecule has 1 heterocycles. The van der Waals surface area contributed by atoms with Crippen LogP contribution in [0.15, 0.2) is 0 Å². The molecule has 1 fully saturated rings. The van der Waals surface area contributed by atoms with Crippen molar-refractivity contribution in [2.24, 2.45) is 0 Å². The number of hydrogen-bond donors (Lipinski definition) is 7. The minimum Gasteiger partial charge on any atom is -0.481 e. The zero-order chi connectivity index (χ0) is 17.7. The summed E-state index contributed by atoms with van der Waals surface area (Å²) in [6.45, 7) is -0.667. The molecule has 0 radical (unpaired) electrons. The van der Waals surface area contributed by atoms with Gasteiger partial charge in [-0.1, -0.05) is 0 Å². The van der Waals surface area contributed by atoms with Crippen LogP contribution in [0.25, 0.3) is 0 Å². The Bertz CT molecular complexity index is 453. The molecule has 132 valence electrons. The molecule has 11 nitrogen and oxygen atoms in total. The van der Waals surface area contributed by atoms with Crippen molar-refractivity contribution in [3.8, 4) is 0 Å². The van der Waals surface area contributed by atoms with E-state index in [0.717, 1.165) is 0 Å². The molecule has 11 heteroatoms. The van der Waals surface area contributed by atoms with E-state index in [1.165, 1.54) is 0 Å². The number of hydrogen-bond acceptors (Lipinski definition) is 8. The molecule has 7 N–H and O–H groups in total. The number of rotatable bonds is 7. The Morgan fingerprint density at radius 2 is 1.57 bits per heavy atom. The maximum atomic E-state index is 11.8. The van der Waals surface area contributed by atoms with Gasteiger partial charge in [-0.25, -0.2) is 4.79 Å². The van der Waals surface area contributed by atoms with Crippen LogP contribution in [0.2, 0.25) is 0 Å². The van der Waals surface area contributed by atoms with Gasteiger partial charge in [-0.15, -0.1) is 0 Å². The van der Waals surface area contributed by atoms with Gasteiger partial charge in [-0.3, -0.25) is 9.59 Å². The Morgan fingerprint density at radius 1 is 1.00 bits per heavy atom. The van der Waals surface area contributed by atoms with Gasteiger partial charge in [-0.2, -0.15) is 0 Å². The van der Waals surface area contributed by atoms with Crippen molar-refractivity contribution in [2.75, 3.05) is 6.61 Å². The van der Waals surface area contributed by atoms with Crippen LogP contribution < -0.4 is 5.32 Å². The number of carbonyl (C=O) groups is 3. The SMILES string of the molecule is O=C(O)C[C@H](NC(=O)C[C@@H]1O[C@H](CO)[C@@H](O)[C@H](O)[C@@H]1O)C(=O)O. The highest BCUT2D eigenvalue weighted by Crippen LogP contribution is 2.23. The zero-order valence-corrected chi connectivity index (χ0v) is 11.9. The number of carboxylic acid groups (broad SMARTS) is 2. The second kappa shape index (κ2) is 8.17. The minimum atomic E-state index is -1.66. The molecule has 0 bridgehead atoms. The molecule has 0 aromatic carbocycles. The average Bonchev–Trinajstić information content (AvgIpc) is 2.46. The second-order valence-corrected chi connectivity index (χ2v) is 5.13. The summed E-state index contributed by atoms with van der Waals surface area (Å²) in [6.07, 6.45) is -8.80. The fourth-order valence-electron chi connectivity index (χ4n) is 2.16. The normalized spacial score (nSPS) is 32.1. The first-order valence-electron chi connectivity index (χ1n) is 6.71. The number of carboxylic acids is 2. The Labute approximate surface area is 130 Å². The Kier molecular flexibility index (Phi) is 6.84. The van der Waals surface area contributed by atoms with Crippen LogP contribution in [0.4, 0.5) is 0 Å². The van der Waals surface area contributed by atoms with Crippen LogP contribution in [-0.2, 0) is 19.1 Å². The number of amides is 1. The van der Waals surface area contributed by atoms with Gasteiger partial charge in [0, 0.05) is 0 Å². The van der Waals surface area contributed by atoms with E-state index in [2.05, 4.69) is 0 Å². The standard InChI is InChI=1S/C12H19NO10/c14-3-6-10(19)11(20)9(18)5(23-6)2-7(15)13-4(12(21)22)1-8(16)17/h4-6,9-11,14,18-20H,1-3H2,(H,13,15)(H,16,17)(H,21,22)/t4-,5-,6+,9+,10+,11+/m0/s1. The summed E-state index contributed by atoms with van der Waals surface area (Å²) in [6, 6.07) is -1.66. The van der Waals surface area contributed by atoms with Crippen molar-refractivity contribution in [2.45, 2.75) is 49.4 Å². The van der Waals surface area contributed by atoms with Crippen molar-refractivity contribution in [3.05, 3.63) is 0 Å². The molecular formula is C12H19NO10. The summed E-state index contributed by atoms with van der Waals surface area (Å²) in [5.74, 6) is -3.90. The minimum absolute atomic E-state index is 0.592. The van der Waals surface area contributed by atoms with E-state index in [1.54, 1.807) is 0 Å². The number of ether oxygens (including phenoxy) is 1. The topological polar surface area (TPSA) is 194 Å². The van der Waals surface area contributed by atoms with Gasteiger partial charge in [0.1, 0.15) is 30.5 Å². The first kappa shape index (κ1) is 19.3. The third-order valence-corrected chi connectivity index (χ3v) is 3.39. The van der Waals surface area contributed by atoms with E-state index in [9.17, 15) is 29.7 Å². The average molecular weight is 337 g/mol. The van der Waals surface area contributed by atoms with Crippen molar-refractivity contribution in [3.63, 3.8) is 0 Å². The predicted octanol–water partition coefficient (Wildman–Crippen LogP) is -3.74. The number of aliphatic carboxylic acids is 2. The highest BCUT2D eigenvalue weighted by molar-refractivity contribution is 5.86. The molecule has 23 heavy (non-hydrogen) atoms. The lowest BCUT2D eigenvalue weighted by Gasteiger charge is -2.39. The lowest BCUT2D eigenvalue weighted by Crippen LogP contribution is -2.59. The van der Waals surface area contributed by atoms with Gasteiger partial charge in [0.2, 0.25) is 5.91 Å². The first-order valence-corrected chi connectivity index (χ1v) is 6.71. The molecule has 0 aromatic rings. The first-order chi connectivity index (χ1) is 10.7. The van der Waals surface area contributed by atoms with Crippen LogP contribution in [0, 0.1) is 0 Å².